The number of thiazole rings is 1. The van der Waals surface area contributed by atoms with E-state index in [2.05, 4.69) is 28.9 Å². The quantitative estimate of drug-likeness (QED) is 0.823. The first-order chi connectivity index (χ1) is 7.50. The summed E-state index contributed by atoms with van der Waals surface area (Å²) in [6, 6.07) is 0. The average molecular weight is 243 g/mol. The molecule has 0 aliphatic heterocycles. The van der Waals surface area contributed by atoms with E-state index in [0.29, 0.717) is 0 Å². The Morgan fingerprint density at radius 3 is 2.56 bits per heavy atom. The molecule has 0 bridgehead atoms. The lowest BCUT2D eigenvalue weighted by molar-refractivity contribution is 0.203. The molecule has 0 saturated carbocycles. The van der Waals surface area contributed by atoms with E-state index in [1.54, 1.807) is 24.5 Å². The molecule has 0 spiro atoms. The summed E-state index contributed by atoms with van der Waals surface area (Å²) in [4.78, 5) is 9.55. The Morgan fingerprint density at radius 2 is 2.06 bits per heavy atom. The van der Waals surface area contributed by atoms with E-state index in [4.69, 9.17) is 0 Å². The number of hydrogen-bond acceptors (Lipinski definition) is 5. The molecule has 1 unspecified atom stereocenters. The molecule has 4 nitrogen and oxygen atoms in total. The molecule has 0 aliphatic carbocycles. The van der Waals surface area contributed by atoms with Gasteiger partial charge in [0.25, 0.3) is 0 Å². The molecular weight excluding hydrogens is 222 g/mol. The second kappa shape index (κ2) is 6.18. The zero-order valence-electron chi connectivity index (χ0n) is 10.5. The largest absolute Gasteiger partial charge is 0.388 e. The molecule has 1 N–H and O–H groups in total. The van der Waals surface area contributed by atoms with E-state index in [0.717, 1.165) is 29.5 Å². The lowest BCUT2D eigenvalue weighted by atomic mass is 10.4. The summed E-state index contributed by atoms with van der Waals surface area (Å²) < 4.78 is 0. The van der Waals surface area contributed by atoms with Gasteiger partial charge in [0, 0.05) is 19.8 Å². The van der Waals surface area contributed by atoms with Crippen molar-refractivity contribution in [3.63, 3.8) is 0 Å². The van der Waals surface area contributed by atoms with Crippen LogP contribution in [-0.4, -0.2) is 49.2 Å². The molecule has 0 aromatic carbocycles. The van der Waals surface area contributed by atoms with Crippen molar-refractivity contribution in [2.75, 3.05) is 39.1 Å². The van der Waals surface area contributed by atoms with Gasteiger partial charge in [-0.15, -0.1) is 0 Å². The molecule has 0 fully saturated rings. The number of aromatic nitrogens is 1. The van der Waals surface area contributed by atoms with E-state index in [1.807, 2.05) is 7.05 Å². The van der Waals surface area contributed by atoms with Gasteiger partial charge in [0.15, 0.2) is 5.13 Å². The van der Waals surface area contributed by atoms with Gasteiger partial charge in [-0.2, -0.15) is 0 Å². The molecule has 1 heterocycles. The Bertz CT molecular complexity index is 312. The highest BCUT2D eigenvalue weighted by atomic mass is 32.1. The van der Waals surface area contributed by atoms with Crippen LogP contribution in [0.15, 0.2) is 6.20 Å². The van der Waals surface area contributed by atoms with Gasteiger partial charge in [-0.25, -0.2) is 4.98 Å². The third-order valence-electron chi connectivity index (χ3n) is 2.35. The highest BCUT2D eigenvalue weighted by Gasteiger charge is 2.09. The third-order valence-corrected chi connectivity index (χ3v) is 3.63. The highest BCUT2D eigenvalue weighted by Crippen LogP contribution is 2.26. The fourth-order valence-corrected chi connectivity index (χ4v) is 2.21. The summed E-state index contributed by atoms with van der Waals surface area (Å²) in [5, 5.41) is 10.4. The number of anilines is 1. The topological polar surface area (TPSA) is 39.6 Å². The molecule has 0 radical (unpaired) electrons. The molecule has 0 saturated heterocycles. The summed E-state index contributed by atoms with van der Waals surface area (Å²) in [6.07, 6.45) is 2.46. The minimum absolute atomic E-state index is 0.415. The first-order valence-electron chi connectivity index (χ1n) is 5.50. The van der Waals surface area contributed by atoms with Crippen molar-refractivity contribution >= 4 is 16.5 Å². The van der Waals surface area contributed by atoms with Crippen molar-refractivity contribution in [1.82, 2.24) is 9.88 Å². The predicted molar refractivity (Wildman–Crippen MR) is 69.2 cm³/mol. The molecule has 1 rings (SSSR count). The first-order valence-corrected chi connectivity index (χ1v) is 6.32. The average Bonchev–Trinajstić information content (AvgIpc) is 2.65. The minimum Gasteiger partial charge on any atom is -0.388 e. The predicted octanol–water partition coefficient (Wildman–Crippen LogP) is 1.58. The fraction of sp³-hybridized carbons (Fsp3) is 0.727. The van der Waals surface area contributed by atoms with Crippen LogP contribution in [-0.2, 0) is 0 Å². The summed E-state index contributed by atoms with van der Waals surface area (Å²) >= 11 is 1.56. The van der Waals surface area contributed by atoms with Crippen molar-refractivity contribution in [2.45, 2.75) is 19.4 Å². The van der Waals surface area contributed by atoms with Crippen molar-refractivity contribution in [3.8, 4) is 0 Å². The standard InChI is InChI=1S/C11H21N3OS/c1-9(15)10-8-12-11(16-10)14(4)7-5-6-13(2)3/h8-9,15H,5-7H2,1-4H3. The molecule has 92 valence electrons. The number of aliphatic hydroxyl groups excluding tert-OH is 1. The molecule has 1 atom stereocenters. The Hall–Kier alpha value is -0.650. The van der Waals surface area contributed by atoms with Gasteiger partial charge >= 0.3 is 0 Å². The van der Waals surface area contributed by atoms with Crippen LogP contribution in [0.1, 0.15) is 24.3 Å². The summed E-state index contributed by atoms with van der Waals surface area (Å²) in [6.45, 7) is 3.84. The monoisotopic (exact) mass is 243 g/mol. The second-order valence-electron chi connectivity index (χ2n) is 4.30. The van der Waals surface area contributed by atoms with Gasteiger partial charge in [0.2, 0.25) is 0 Å². The van der Waals surface area contributed by atoms with Crippen LogP contribution in [0.2, 0.25) is 0 Å². The van der Waals surface area contributed by atoms with E-state index in [-0.39, 0.29) is 0 Å². The van der Waals surface area contributed by atoms with E-state index >= 15 is 0 Å². The van der Waals surface area contributed by atoms with E-state index in [1.165, 1.54) is 0 Å². The van der Waals surface area contributed by atoms with Crippen molar-refractivity contribution in [1.29, 1.82) is 0 Å². The van der Waals surface area contributed by atoms with Crippen LogP contribution in [0.5, 0.6) is 0 Å². The van der Waals surface area contributed by atoms with Gasteiger partial charge in [-0.1, -0.05) is 11.3 Å². The van der Waals surface area contributed by atoms with Gasteiger partial charge < -0.3 is 14.9 Å². The normalized spacial score (nSPS) is 13.1. The maximum Gasteiger partial charge on any atom is 0.185 e. The zero-order valence-corrected chi connectivity index (χ0v) is 11.3. The van der Waals surface area contributed by atoms with Crippen LogP contribution in [0, 0.1) is 0 Å². The van der Waals surface area contributed by atoms with Crippen molar-refractivity contribution < 1.29 is 5.11 Å². The molecule has 16 heavy (non-hydrogen) atoms. The number of nitrogens with zero attached hydrogens (tertiary/aromatic N) is 3. The van der Waals surface area contributed by atoms with Crippen LogP contribution in [0.3, 0.4) is 0 Å². The molecule has 1 aromatic heterocycles. The Kier molecular flexibility index (Phi) is 5.18. The second-order valence-corrected chi connectivity index (χ2v) is 5.34. The van der Waals surface area contributed by atoms with Crippen LogP contribution in [0.25, 0.3) is 0 Å². The lowest BCUT2D eigenvalue weighted by Gasteiger charge is -2.17. The number of rotatable bonds is 6. The molecule has 0 aliphatic rings. The lowest BCUT2D eigenvalue weighted by Crippen LogP contribution is -2.23. The van der Waals surface area contributed by atoms with Gasteiger partial charge in [-0.3, -0.25) is 0 Å². The van der Waals surface area contributed by atoms with Gasteiger partial charge in [0.1, 0.15) is 0 Å². The van der Waals surface area contributed by atoms with Gasteiger partial charge in [-0.05, 0) is 34.0 Å². The van der Waals surface area contributed by atoms with Gasteiger partial charge in [0.05, 0.1) is 11.0 Å². The maximum atomic E-state index is 9.41. The Balaban J connectivity index is 2.43. The van der Waals surface area contributed by atoms with Crippen LogP contribution in [0.4, 0.5) is 5.13 Å². The first kappa shape index (κ1) is 13.4. The molecule has 5 heteroatoms. The SMILES string of the molecule is CC(O)c1cnc(N(C)CCCN(C)C)s1. The smallest absolute Gasteiger partial charge is 0.185 e. The van der Waals surface area contributed by atoms with E-state index < -0.39 is 6.10 Å². The van der Waals surface area contributed by atoms with Crippen molar-refractivity contribution in [3.05, 3.63) is 11.1 Å². The van der Waals surface area contributed by atoms with E-state index in [9.17, 15) is 5.11 Å². The summed E-state index contributed by atoms with van der Waals surface area (Å²) in [5.74, 6) is 0. The van der Waals surface area contributed by atoms with Crippen LogP contribution >= 0.6 is 11.3 Å². The number of aliphatic hydroxyl groups is 1. The molecular formula is C11H21N3OS. The minimum atomic E-state index is -0.415. The Labute approximate surface area is 102 Å². The highest BCUT2D eigenvalue weighted by molar-refractivity contribution is 7.15. The van der Waals surface area contributed by atoms with Crippen molar-refractivity contribution in [2.24, 2.45) is 0 Å². The summed E-state index contributed by atoms with van der Waals surface area (Å²) in [7, 11) is 6.20. The Morgan fingerprint density at radius 1 is 1.38 bits per heavy atom. The summed E-state index contributed by atoms with van der Waals surface area (Å²) in [5.41, 5.74) is 0. The number of hydrogen-bond donors (Lipinski definition) is 1. The zero-order chi connectivity index (χ0) is 12.1. The van der Waals surface area contributed by atoms with Crippen LogP contribution < -0.4 is 4.90 Å². The third kappa shape index (κ3) is 4.08. The maximum absolute atomic E-state index is 9.41. The molecule has 0 amide bonds. The fourth-order valence-electron chi connectivity index (χ4n) is 1.37. The molecule has 1 aromatic rings.